The molecule has 4 rings (SSSR count). The Morgan fingerprint density at radius 1 is 0.969 bits per heavy atom. The van der Waals surface area contributed by atoms with Crippen molar-refractivity contribution in [1.29, 1.82) is 0 Å². The molecule has 7 nitrogen and oxygen atoms in total. The van der Waals surface area contributed by atoms with Gasteiger partial charge in [-0.3, -0.25) is 0 Å². The average Bonchev–Trinajstić information content (AvgIpc) is 3.45. The summed E-state index contributed by atoms with van der Waals surface area (Å²) in [6.45, 7) is 7.56. The summed E-state index contributed by atoms with van der Waals surface area (Å²) in [5.74, 6) is 3.22. The van der Waals surface area contributed by atoms with Gasteiger partial charge in [-0.15, -0.1) is 5.10 Å². The Morgan fingerprint density at radius 2 is 1.75 bits per heavy atom. The molecule has 0 unspecified atom stereocenters. The smallest absolute Gasteiger partial charge is 0.180 e. The van der Waals surface area contributed by atoms with Crippen LogP contribution in [0.4, 0.5) is 0 Å². The van der Waals surface area contributed by atoms with Crippen molar-refractivity contribution in [2.24, 2.45) is 5.92 Å². The first-order valence-corrected chi connectivity index (χ1v) is 11.5. The predicted molar refractivity (Wildman–Crippen MR) is 126 cm³/mol. The molecule has 1 N–H and O–H groups in total. The van der Waals surface area contributed by atoms with Gasteiger partial charge in [-0.25, -0.2) is 14.8 Å². The number of nitrogens with zero attached hydrogens (tertiary/aromatic N) is 6. The Bertz CT molecular complexity index is 1110. The Kier molecular flexibility index (Phi) is 7.04. The zero-order valence-corrected chi connectivity index (χ0v) is 19.1. The minimum atomic E-state index is 0.531. The second-order valence-electron chi connectivity index (χ2n) is 8.65. The van der Waals surface area contributed by atoms with Crippen molar-refractivity contribution in [3.63, 3.8) is 0 Å². The molecule has 0 aliphatic carbocycles. The van der Waals surface area contributed by atoms with Crippen LogP contribution in [0.5, 0.6) is 0 Å². The second kappa shape index (κ2) is 10.3. The fraction of sp³-hybridized carbons (Fsp3) is 0.400. The molecule has 2 aromatic carbocycles. The van der Waals surface area contributed by atoms with E-state index in [-0.39, 0.29) is 0 Å². The van der Waals surface area contributed by atoms with Crippen LogP contribution in [-0.4, -0.2) is 35.4 Å². The van der Waals surface area contributed by atoms with E-state index >= 15 is 0 Å². The first kappa shape index (κ1) is 21.9. The number of tetrazole rings is 1. The zero-order valence-electron chi connectivity index (χ0n) is 19.1. The van der Waals surface area contributed by atoms with E-state index in [1.54, 1.807) is 0 Å². The number of aryl methyl sites for hydroxylation is 1. The molecule has 0 amide bonds. The number of nitrogens with one attached hydrogen (secondary N) is 1. The van der Waals surface area contributed by atoms with Gasteiger partial charge < -0.3 is 0 Å². The van der Waals surface area contributed by atoms with Crippen molar-refractivity contribution < 1.29 is 0 Å². The van der Waals surface area contributed by atoms with E-state index in [1.165, 1.54) is 18.4 Å². The fourth-order valence-electron chi connectivity index (χ4n) is 3.89. The molecule has 0 spiro atoms. The van der Waals surface area contributed by atoms with Crippen LogP contribution >= 0.6 is 0 Å². The standard InChI is InChI=1S/C25H31N7/c1-4-5-6-11-23-26-24(32(29-23)17-18(2)3)16-19-12-14-20(15-13-19)21-9-7-8-10-22(21)25-27-30-31-28-25/h7-10,12-15,18H,4-6,11,16-17H2,1-3H3,(H,27,28,30,31). The van der Waals surface area contributed by atoms with E-state index in [4.69, 9.17) is 10.1 Å². The number of benzene rings is 2. The van der Waals surface area contributed by atoms with Gasteiger partial charge >= 0.3 is 0 Å². The van der Waals surface area contributed by atoms with Crippen LogP contribution < -0.4 is 0 Å². The third-order valence-electron chi connectivity index (χ3n) is 5.49. The highest BCUT2D eigenvalue weighted by Crippen LogP contribution is 2.30. The van der Waals surface area contributed by atoms with Crippen LogP contribution in [0.2, 0.25) is 0 Å². The van der Waals surface area contributed by atoms with Crippen LogP contribution in [0.3, 0.4) is 0 Å². The lowest BCUT2D eigenvalue weighted by atomic mass is 9.98. The Balaban J connectivity index is 1.55. The molecule has 4 aromatic rings. The minimum absolute atomic E-state index is 0.531. The molecule has 0 saturated heterocycles. The number of unbranched alkanes of at least 4 members (excludes halogenated alkanes) is 2. The van der Waals surface area contributed by atoms with Crippen LogP contribution in [0.25, 0.3) is 22.5 Å². The van der Waals surface area contributed by atoms with E-state index in [0.29, 0.717) is 11.7 Å². The number of aromatic amines is 1. The van der Waals surface area contributed by atoms with E-state index < -0.39 is 0 Å². The normalized spacial score (nSPS) is 11.4. The molecule has 0 atom stereocenters. The van der Waals surface area contributed by atoms with Gasteiger partial charge in [-0.2, -0.15) is 5.10 Å². The molecule has 166 valence electrons. The SMILES string of the molecule is CCCCCc1nc(Cc2ccc(-c3ccccc3-c3nnn[nH]3)cc2)n(CC(C)C)n1. The van der Waals surface area contributed by atoms with Crippen LogP contribution in [-0.2, 0) is 19.4 Å². The maximum atomic E-state index is 4.88. The summed E-state index contributed by atoms with van der Waals surface area (Å²) < 4.78 is 2.10. The van der Waals surface area contributed by atoms with Crippen LogP contribution in [0.1, 0.15) is 57.2 Å². The van der Waals surface area contributed by atoms with Crippen molar-refractivity contribution in [2.75, 3.05) is 0 Å². The van der Waals surface area contributed by atoms with Crippen molar-refractivity contribution in [1.82, 2.24) is 35.4 Å². The van der Waals surface area contributed by atoms with Gasteiger partial charge in [0.25, 0.3) is 0 Å². The molecule has 0 saturated carbocycles. The molecular formula is C25H31N7. The summed E-state index contributed by atoms with van der Waals surface area (Å²) in [5.41, 5.74) is 4.44. The van der Waals surface area contributed by atoms with Crippen LogP contribution in [0.15, 0.2) is 48.5 Å². The van der Waals surface area contributed by atoms with Gasteiger partial charge in [0.2, 0.25) is 0 Å². The van der Waals surface area contributed by atoms with Crippen molar-refractivity contribution in [3.05, 3.63) is 65.7 Å². The largest absolute Gasteiger partial charge is 0.249 e. The van der Waals surface area contributed by atoms with Gasteiger partial charge in [0.1, 0.15) is 5.82 Å². The Morgan fingerprint density at radius 3 is 2.44 bits per heavy atom. The first-order chi connectivity index (χ1) is 15.6. The summed E-state index contributed by atoms with van der Waals surface area (Å²) in [5, 5.41) is 19.2. The van der Waals surface area contributed by atoms with E-state index in [2.05, 4.69) is 76.4 Å². The van der Waals surface area contributed by atoms with E-state index in [0.717, 1.165) is 54.1 Å². The molecule has 2 aromatic heterocycles. The Labute approximate surface area is 189 Å². The van der Waals surface area contributed by atoms with E-state index in [1.807, 2.05) is 18.2 Å². The summed E-state index contributed by atoms with van der Waals surface area (Å²) in [4.78, 5) is 4.88. The quantitative estimate of drug-likeness (QED) is 0.354. The van der Waals surface area contributed by atoms with Gasteiger partial charge in [0.15, 0.2) is 11.6 Å². The van der Waals surface area contributed by atoms with Crippen molar-refractivity contribution >= 4 is 0 Å². The monoisotopic (exact) mass is 429 g/mol. The topological polar surface area (TPSA) is 85.2 Å². The highest BCUT2D eigenvalue weighted by molar-refractivity contribution is 5.80. The van der Waals surface area contributed by atoms with Crippen molar-refractivity contribution in [2.45, 2.75) is 59.4 Å². The first-order valence-electron chi connectivity index (χ1n) is 11.5. The number of hydrogen-bond acceptors (Lipinski definition) is 5. The summed E-state index contributed by atoms with van der Waals surface area (Å²) in [6.07, 6.45) is 5.32. The lowest BCUT2D eigenvalue weighted by molar-refractivity contribution is 0.466. The molecule has 0 fully saturated rings. The third kappa shape index (κ3) is 5.28. The molecule has 0 bridgehead atoms. The van der Waals surface area contributed by atoms with Gasteiger partial charge in [-0.1, -0.05) is 82.1 Å². The second-order valence-corrected chi connectivity index (χ2v) is 8.65. The molecule has 32 heavy (non-hydrogen) atoms. The van der Waals surface area contributed by atoms with Gasteiger partial charge in [-0.05, 0) is 39.5 Å². The van der Waals surface area contributed by atoms with Crippen LogP contribution in [0, 0.1) is 5.92 Å². The number of H-pyrrole nitrogens is 1. The lowest BCUT2D eigenvalue weighted by Crippen LogP contribution is -2.10. The zero-order chi connectivity index (χ0) is 22.3. The maximum Gasteiger partial charge on any atom is 0.180 e. The highest BCUT2D eigenvalue weighted by atomic mass is 15.5. The molecule has 2 heterocycles. The Hall–Kier alpha value is -3.35. The predicted octanol–water partition coefficient (Wildman–Crippen LogP) is 5.10. The highest BCUT2D eigenvalue weighted by Gasteiger charge is 2.13. The van der Waals surface area contributed by atoms with Gasteiger partial charge in [0, 0.05) is 24.9 Å². The summed E-state index contributed by atoms with van der Waals surface area (Å²) in [6, 6.07) is 16.8. The number of aromatic nitrogens is 7. The lowest BCUT2D eigenvalue weighted by Gasteiger charge is -2.10. The maximum absolute atomic E-state index is 4.88. The molecule has 0 aliphatic rings. The third-order valence-corrected chi connectivity index (χ3v) is 5.49. The molecular weight excluding hydrogens is 398 g/mol. The summed E-state index contributed by atoms with van der Waals surface area (Å²) >= 11 is 0. The summed E-state index contributed by atoms with van der Waals surface area (Å²) in [7, 11) is 0. The minimum Gasteiger partial charge on any atom is -0.249 e. The molecule has 7 heteroatoms. The number of rotatable bonds is 10. The molecule has 0 radical (unpaired) electrons. The number of hydrogen-bond donors (Lipinski definition) is 1. The van der Waals surface area contributed by atoms with E-state index in [9.17, 15) is 0 Å². The average molecular weight is 430 g/mol. The molecule has 0 aliphatic heterocycles. The van der Waals surface area contributed by atoms with Crippen molar-refractivity contribution in [3.8, 4) is 22.5 Å². The van der Waals surface area contributed by atoms with Gasteiger partial charge in [0.05, 0.1) is 0 Å². The fourth-order valence-corrected chi connectivity index (χ4v) is 3.89.